The maximum Gasteiger partial charge on any atom is 0.253 e. The molecule has 0 saturated heterocycles. The number of aryl methyl sites for hydroxylation is 1. The number of carbonyl (C=O) groups is 2. The van der Waals surface area contributed by atoms with Gasteiger partial charge >= 0.3 is 0 Å². The zero-order chi connectivity index (χ0) is 14.3. The van der Waals surface area contributed by atoms with Crippen molar-refractivity contribution in [3.63, 3.8) is 0 Å². The molecule has 3 N–H and O–H groups in total. The van der Waals surface area contributed by atoms with Crippen LogP contribution in [0.15, 0.2) is 18.2 Å². The second-order valence-electron chi connectivity index (χ2n) is 4.38. The van der Waals surface area contributed by atoms with E-state index in [0.29, 0.717) is 17.7 Å². The molecule has 0 atom stereocenters. The van der Waals surface area contributed by atoms with E-state index in [1.165, 1.54) is 0 Å². The highest BCUT2D eigenvalue weighted by Gasteiger charge is 2.12. The molecule has 0 heterocycles. The molecule has 0 unspecified atom stereocenters. The zero-order valence-corrected chi connectivity index (χ0v) is 11.7. The third-order valence-corrected chi connectivity index (χ3v) is 2.75. The summed E-state index contributed by atoms with van der Waals surface area (Å²) in [6, 6.07) is 5.40. The number of nitrogens with one attached hydrogen (secondary N) is 3. The van der Waals surface area contributed by atoms with E-state index in [4.69, 9.17) is 0 Å². The molecule has 0 spiro atoms. The average Bonchev–Trinajstić information content (AvgIpc) is 2.40. The van der Waals surface area contributed by atoms with Gasteiger partial charge in [-0.15, -0.1) is 0 Å². The van der Waals surface area contributed by atoms with Crippen LogP contribution in [0, 0.1) is 6.92 Å². The largest absolute Gasteiger partial charge is 0.355 e. The van der Waals surface area contributed by atoms with Crippen molar-refractivity contribution < 1.29 is 9.59 Å². The van der Waals surface area contributed by atoms with Crippen LogP contribution in [0.1, 0.15) is 28.8 Å². The molecule has 1 aromatic carbocycles. The molecule has 19 heavy (non-hydrogen) atoms. The summed E-state index contributed by atoms with van der Waals surface area (Å²) >= 11 is 0. The van der Waals surface area contributed by atoms with E-state index in [-0.39, 0.29) is 11.8 Å². The third kappa shape index (κ3) is 4.71. The minimum atomic E-state index is -0.200. The second-order valence-corrected chi connectivity index (χ2v) is 4.38. The lowest BCUT2D eigenvalue weighted by atomic mass is 10.1. The lowest BCUT2D eigenvalue weighted by molar-refractivity contribution is -0.116. The Morgan fingerprint density at radius 2 is 1.95 bits per heavy atom. The summed E-state index contributed by atoms with van der Waals surface area (Å²) in [5.41, 5.74) is 2.02. The highest BCUT2D eigenvalue weighted by molar-refractivity contribution is 6.03. The summed E-state index contributed by atoms with van der Waals surface area (Å²) in [6.45, 7) is 2.70. The molecule has 104 valence electrons. The topological polar surface area (TPSA) is 70.2 Å². The van der Waals surface area contributed by atoms with Gasteiger partial charge in [0, 0.05) is 13.5 Å². The highest BCUT2D eigenvalue weighted by atomic mass is 16.2. The maximum atomic E-state index is 11.8. The molecule has 0 aromatic heterocycles. The van der Waals surface area contributed by atoms with E-state index in [2.05, 4.69) is 16.0 Å². The van der Waals surface area contributed by atoms with Crippen LogP contribution in [0.3, 0.4) is 0 Å². The maximum absolute atomic E-state index is 11.8. The molecule has 2 amide bonds. The summed E-state index contributed by atoms with van der Waals surface area (Å²) in [5.74, 6) is -0.279. The first-order chi connectivity index (χ1) is 9.08. The molecule has 5 nitrogen and oxygen atoms in total. The molecule has 5 heteroatoms. The number of amides is 2. The van der Waals surface area contributed by atoms with Gasteiger partial charge in [-0.05, 0) is 39.1 Å². The van der Waals surface area contributed by atoms with Crippen LogP contribution in [-0.4, -0.2) is 32.5 Å². The summed E-state index contributed by atoms with van der Waals surface area (Å²) in [7, 11) is 3.42. The summed E-state index contributed by atoms with van der Waals surface area (Å²) in [5, 5.41) is 8.35. The molecule has 1 aromatic rings. The van der Waals surface area contributed by atoms with E-state index in [1.807, 2.05) is 20.0 Å². The van der Waals surface area contributed by atoms with Gasteiger partial charge in [-0.1, -0.05) is 11.6 Å². The fraction of sp³-hybridized carbons (Fsp3) is 0.429. The SMILES string of the molecule is CNCCCC(=O)Nc1ccc(C)cc1C(=O)NC. The molecule has 0 aliphatic carbocycles. The summed E-state index contributed by atoms with van der Waals surface area (Å²) in [4.78, 5) is 23.5. The average molecular weight is 263 g/mol. The molecule has 0 aliphatic heterocycles. The van der Waals surface area contributed by atoms with Gasteiger partial charge in [0.1, 0.15) is 0 Å². The number of benzene rings is 1. The van der Waals surface area contributed by atoms with Crippen molar-refractivity contribution in [3.8, 4) is 0 Å². The van der Waals surface area contributed by atoms with Crippen LogP contribution in [0.25, 0.3) is 0 Å². The number of hydrogen-bond acceptors (Lipinski definition) is 3. The van der Waals surface area contributed by atoms with Gasteiger partial charge in [-0.2, -0.15) is 0 Å². The molecular weight excluding hydrogens is 242 g/mol. The minimum Gasteiger partial charge on any atom is -0.355 e. The van der Waals surface area contributed by atoms with Gasteiger partial charge in [0.15, 0.2) is 0 Å². The predicted octanol–water partition coefficient (Wildman–Crippen LogP) is 1.29. The van der Waals surface area contributed by atoms with Crippen LogP contribution in [0.5, 0.6) is 0 Å². The van der Waals surface area contributed by atoms with Gasteiger partial charge in [0.05, 0.1) is 11.3 Å². The predicted molar refractivity (Wildman–Crippen MR) is 76.4 cm³/mol. The third-order valence-electron chi connectivity index (χ3n) is 2.75. The van der Waals surface area contributed by atoms with Gasteiger partial charge < -0.3 is 16.0 Å². The zero-order valence-electron chi connectivity index (χ0n) is 11.7. The van der Waals surface area contributed by atoms with Gasteiger partial charge in [0.25, 0.3) is 5.91 Å². The number of anilines is 1. The minimum absolute atomic E-state index is 0.0794. The Bertz CT molecular complexity index is 458. The lowest BCUT2D eigenvalue weighted by Crippen LogP contribution is -2.22. The highest BCUT2D eigenvalue weighted by Crippen LogP contribution is 2.17. The molecule has 0 radical (unpaired) electrons. The van der Waals surface area contributed by atoms with Gasteiger partial charge in [-0.25, -0.2) is 0 Å². The number of carbonyl (C=O) groups excluding carboxylic acids is 2. The normalized spacial score (nSPS) is 10.1. The quantitative estimate of drug-likeness (QED) is 0.677. The van der Waals surface area contributed by atoms with Crippen molar-refractivity contribution in [1.82, 2.24) is 10.6 Å². The Kier molecular flexibility index (Phi) is 6.02. The first kappa shape index (κ1) is 15.2. The molecule has 0 saturated carbocycles. The monoisotopic (exact) mass is 263 g/mol. The first-order valence-corrected chi connectivity index (χ1v) is 6.35. The van der Waals surface area contributed by atoms with Crippen molar-refractivity contribution >= 4 is 17.5 Å². The molecular formula is C14H21N3O2. The fourth-order valence-corrected chi connectivity index (χ4v) is 1.73. The Morgan fingerprint density at radius 3 is 2.58 bits per heavy atom. The molecule has 1 rings (SSSR count). The standard InChI is InChI=1S/C14H21N3O2/c1-10-6-7-12(11(9-10)14(19)16-3)17-13(18)5-4-8-15-2/h6-7,9,15H,4-5,8H2,1-3H3,(H,16,19)(H,17,18). The van der Waals surface area contributed by atoms with Crippen LogP contribution in [0.4, 0.5) is 5.69 Å². The van der Waals surface area contributed by atoms with Crippen molar-refractivity contribution in [2.24, 2.45) is 0 Å². The number of hydrogen-bond donors (Lipinski definition) is 3. The second kappa shape index (κ2) is 7.53. The first-order valence-electron chi connectivity index (χ1n) is 6.35. The Labute approximate surface area is 113 Å². The van der Waals surface area contributed by atoms with Crippen LogP contribution >= 0.6 is 0 Å². The van der Waals surface area contributed by atoms with E-state index >= 15 is 0 Å². The lowest BCUT2D eigenvalue weighted by Gasteiger charge is -2.11. The summed E-state index contributed by atoms with van der Waals surface area (Å²) in [6.07, 6.45) is 1.20. The summed E-state index contributed by atoms with van der Waals surface area (Å²) < 4.78 is 0. The van der Waals surface area contributed by atoms with E-state index in [1.54, 1.807) is 19.2 Å². The molecule has 0 bridgehead atoms. The molecule has 0 aliphatic rings. The van der Waals surface area contributed by atoms with Crippen molar-refractivity contribution in [3.05, 3.63) is 29.3 Å². The Morgan fingerprint density at radius 1 is 1.21 bits per heavy atom. The fourth-order valence-electron chi connectivity index (χ4n) is 1.73. The number of rotatable bonds is 6. The van der Waals surface area contributed by atoms with E-state index < -0.39 is 0 Å². The van der Waals surface area contributed by atoms with Crippen molar-refractivity contribution in [1.29, 1.82) is 0 Å². The van der Waals surface area contributed by atoms with Crippen LogP contribution < -0.4 is 16.0 Å². The van der Waals surface area contributed by atoms with Crippen LogP contribution in [-0.2, 0) is 4.79 Å². The Balaban J connectivity index is 2.77. The van der Waals surface area contributed by atoms with Crippen molar-refractivity contribution in [2.45, 2.75) is 19.8 Å². The smallest absolute Gasteiger partial charge is 0.253 e. The van der Waals surface area contributed by atoms with E-state index in [0.717, 1.165) is 18.5 Å². The van der Waals surface area contributed by atoms with Gasteiger partial charge in [-0.3, -0.25) is 9.59 Å². The van der Waals surface area contributed by atoms with E-state index in [9.17, 15) is 9.59 Å². The van der Waals surface area contributed by atoms with Crippen molar-refractivity contribution in [2.75, 3.05) is 26.0 Å². The van der Waals surface area contributed by atoms with Crippen LogP contribution in [0.2, 0.25) is 0 Å². The van der Waals surface area contributed by atoms with Gasteiger partial charge in [0.2, 0.25) is 5.91 Å². The molecule has 0 fully saturated rings. The Hall–Kier alpha value is -1.88.